The van der Waals surface area contributed by atoms with E-state index in [0.29, 0.717) is 0 Å². The average Bonchev–Trinajstić information content (AvgIpc) is 2.56. The number of carbonyl (C=O) groups is 1. The van der Waals surface area contributed by atoms with E-state index in [1.54, 1.807) is 7.05 Å². The molecule has 0 saturated carbocycles. The lowest BCUT2D eigenvalue weighted by molar-refractivity contribution is 0.118. The van der Waals surface area contributed by atoms with Crippen molar-refractivity contribution in [3.05, 3.63) is 35.4 Å². The maximum atomic E-state index is 11.4. The second-order valence-electron chi connectivity index (χ2n) is 4.02. The van der Waals surface area contributed by atoms with Crippen molar-refractivity contribution in [2.24, 2.45) is 0 Å². The summed E-state index contributed by atoms with van der Waals surface area (Å²) in [6.07, 6.45) is -0.754. The lowest BCUT2D eigenvalue weighted by Gasteiger charge is -2.20. The minimum absolute atomic E-state index is 0.0960. The van der Waals surface area contributed by atoms with Gasteiger partial charge in [0.15, 0.2) is 6.10 Å². The molecule has 4 nitrogen and oxygen atoms in total. The fourth-order valence-electron chi connectivity index (χ4n) is 2.00. The van der Waals surface area contributed by atoms with Crippen molar-refractivity contribution >= 4 is 6.09 Å². The summed E-state index contributed by atoms with van der Waals surface area (Å²) in [4.78, 5) is 12.9. The minimum atomic E-state index is -0.382. The Morgan fingerprint density at radius 3 is 2.75 bits per heavy atom. The van der Waals surface area contributed by atoms with Gasteiger partial charge in [-0.25, -0.2) is 4.79 Å². The van der Waals surface area contributed by atoms with Crippen LogP contribution >= 0.6 is 0 Å². The van der Waals surface area contributed by atoms with E-state index in [4.69, 9.17) is 4.74 Å². The van der Waals surface area contributed by atoms with E-state index < -0.39 is 0 Å². The first-order chi connectivity index (χ1) is 7.65. The number of likely N-dealkylation sites (N-methyl/N-ethyl adjacent to an activating group) is 1. The molecule has 1 heterocycles. The van der Waals surface area contributed by atoms with Gasteiger partial charge >= 0.3 is 6.09 Å². The van der Waals surface area contributed by atoms with Crippen LogP contribution in [0.15, 0.2) is 24.3 Å². The number of hydrogen-bond acceptors (Lipinski definition) is 3. The highest BCUT2D eigenvalue weighted by Crippen LogP contribution is 2.32. The predicted molar refractivity (Wildman–Crippen MR) is 59.0 cm³/mol. The Hall–Kier alpha value is -1.55. The molecule has 0 aromatic heterocycles. The number of aryl methyl sites for hydroxylation is 1. The van der Waals surface area contributed by atoms with Crippen LogP contribution in [-0.4, -0.2) is 35.8 Å². The highest BCUT2D eigenvalue weighted by molar-refractivity contribution is 5.70. The van der Waals surface area contributed by atoms with E-state index in [2.05, 4.69) is 0 Å². The van der Waals surface area contributed by atoms with Crippen LogP contribution < -0.4 is 0 Å². The molecule has 1 aliphatic heterocycles. The number of ether oxygens (including phenoxy) is 1. The molecule has 0 spiro atoms. The van der Waals surface area contributed by atoms with Gasteiger partial charge in [0.2, 0.25) is 0 Å². The Morgan fingerprint density at radius 1 is 1.44 bits per heavy atom. The van der Waals surface area contributed by atoms with Crippen molar-refractivity contribution in [3.8, 4) is 0 Å². The van der Waals surface area contributed by atoms with Crippen molar-refractivity contribution in [2.75, 3.05) is 13.7 Å². The smallest absolute Gasteiger partial charge is 0.410 e. The molecule has 0 radical (unpaired) electrons. The van der Waals surface area contributed by atoms with E-state index in [1.165, 1.54) is 4.90 Å². The summed E-state index contributed by atoms with van der Waals surface area (Å²) in [5.74, 6) is 0. The van der Waals surface area contributed by atoms with Crippen LogP contribution in [0.25, 0.3) is 0 Å². The van der Waals surface area contributed by atoms with Crippen LogP contribution in [0.5, 0.6) is 0 Å². The second-order valence-corrected chi connectivity index (χ2v) is 4.02. The lowest BCUT2D eigenvalue weighted by Crippen LogP contribution is -2.33. The summed E-state index contributed by atoms with van der Waals surface area (Å²) in [5.41, 5.74) is 2.02. The third kappa shape index (κ3) is 1.65. The SMILES string of the molecule is Cc1ccccc1C1OC(=O)N(C)C1CO. The molecule has 1 saturated heterocycles. The molecule has 2 unspecified atom stereocenters. The Morgan fingerprint density at radius 2 is 2.12 bits per heavy atom. The molecule has 2 rings (SSSR count). The molecule has 1 aliphatic rings. The molecule has 1 fully saturated rings. The summed E-state index contributed by atoms with van der Waals surface area (Å²) in [5, 5.41) is 9.30. The van der Waals surface area contributed by atoms with Crippen molar-refractivity contribution in [2.45, 2.75) is 19.1 Å². The molecule has 1 amide bonds. The second kappa shape index (κ2) is 4.14. The maximum Gasteiger partial charge on any atom is 0.410 e. The lowest BCUT2D eigenvalue weighted by atomic mass is 9.98. The fraction of sp³-hybridized carbons (Fsp3) is 0.417. The van der Waals surface area contributed by atoms with Crippen LogP contribution in [-0.2, 0) is 4.74 Å². The first-order valence-corrected chi connectivity index (χ1v) is 5.25. The van der Waals surface area contributed by atoms with Crippen LogP contribution in [0.3, 0.4) is 0 Å². The number of nitrogens with zero attached hydrogens (tertiary/aromatic N) is 1. The summed E-state index contributed by atoms with van der Waals surface area (Å²) in [6.45, 7) is 1.87. The zero-order valence-electron chi connectivity index (χ0n) is 9.38. The molecule has 1 aromatic carbocycles. The van der Waals surface area contributed by atoms with E-state index in [0.717, 1.165) is 11.1 Å². The van der Waals surface area contributed by atoms with Gasteiger partial charge in [-0.1, -0.05) is 24.3 Å². The number of aliphatic hydroxyl groups is 1. The topological polar surface area (TPSA) is 49.8 Å². The summed E-state index contributed by atoms with van der Waals surface area (Å²) in [6, 6.07) is 7.44. The van der Waals surface area contributed by atoms with Gasteiger partial charge in [-0.3, -0.25) is 0 Å². The normalized spacial score (nSPS) is 24.7. The Kier molecular flexibility index (Phi) is 2.83. The minimum Gasteiger partial charge on any atom is -0.439 e. The predicted octanol–water partition coefficient (Wildman–Crippen LogP) is 1.48. The van der Waals surface area contributed by atoms with E-state index in [9.17, 15) is 9.90 Å². The summed E-state index contributed by atoms with van der Waals surface area (Å²) in [7, 11) is 1.64. The number of rotatable bonds is 2. The van der Waals surface area contributed by atoms with Gasteiger partial charge in [0.1, 0.15) is 0 Å². The van der Waals surface area contributed by atoms with E-state index >= 15 is 0 Å². The Balaban J connectivity index is 2.35. The number of hydrogen-bond donors (Lipinski definition) is 1. The molecule has 0 bridgehead atoms. The number of benzene rings is 1. The highest BCUT2D eigenvalue weighted by atomic mass is 16.6. The molecule has 1 aromatic rings. The molecule has 4 heteroatoms. The van der Waals surface area contributed by atoms with Gasteiger partial charge in [-0.2, -0.15) is 0 Å². The van der Waals surface area contributed by atoms with Gasteiger partial charge in [0.05, 0.1) is 12.6 Å². The molecule has 1 N–H and O–H groups in total. The van der Waals surface area contributed by atoms with Crippen molar-refractivity contribution in [3.63, 3.8) is 0 Å². The summed E-state index contributed by atoms with van der Waals surface area (Å²) >= 11 is 0. The van der Waals surface area contributed by atoms with Crippen LogP contribution in [0.2, 0.25) is 0 Å². The standard InChI is InChI=1S/C12H15NO3/c1-8-5-3-4-6-9(8)11-10(7-14)13(2)12(15)16-11/h3-6,10-11,14H,7H2,1-2H3. The Labute approximate surface area is 94.4 Å². The van der Waals surface area contributed by atoms with Crippen molar-refractivity contribution in [1.82, 2.24) is 4.90 Å². The zero-order valence-corrected chi connectivity index (χ0v) is 9.38. The Bertz CT molecular complexity index is 405. The van der Waals surface area contributed by atoms with Gasteiger partial charge < -0.3 is 14.7 Å². The van der Waals surface area contributed by atoms with E-state index in [-0.39, 0.29) is 24.8 Å². The summed E-state index contributed by atoms with van der Waals surface area (Å²) < 4.78 is 5.27. The quantitative estimate of drug-likeness (QED) is 0.823. The van der Waals surface area contributed by atoms with E-state index in [1.807, 2.05) is 31.2 Å². The van der Waals surface area contributed by atoms with Gasteiger partial charge in [-0.05, 0) is 18.1 Å². The third-order valence-electron chi connectivity index (χ3n) is 3.04. The third-order valence-corrected chi connectivity index (χ3v) is 3.04. The number of cyclic esters (lactones) is 1. The first-order valence-electron chi connectivity index (χ1n) is 5.25. The number of carbonyl (C=O) groups excluding carboxylic acids is 1. The fourth-order valence-corrected chi connectivity index (χ4v) is 2.00. The van der Waals surface area contributed by atoms with Crippen molar-refractivity contribution < 1.29 is 14.6 Å². The van der Waals surface area contributed by atoms with Crippen LogP contribution in [0.1, 0.15) is 17.2 Å². The van der Waals surface area contributed by atoms with Crippen LogP contribution in [0, 0.1) is 6.92 Å². The van der Waals surface area contributed by atoms with Gasteiger partial charge in [-0.15, -0.1) is 0 Å². The number of aliphatic hydroxyl groups excluding tert-OH is 1. The molecule has 86 valence electrons. The number of amides is 1. The largest absolute Gasteiger partial charge is 0.439 e. The van der Waals surface area contributed by atoms with Gasteiger partial charge in [0, 0.05) is 7.05 Å². The first kappa shape index (κ1) is 11.0. The zero-order chi connectivity index (χ0) is 11.7. The molecular weight excluding hydrogens is 206 g/mol. The average molecular weight is 221 g/mol. The monoisotopic (exact) mass is 221 g/mol. The van der Waals surface area contributed by atoms with Gasteiger partial charge in [0.25, 0.3) is 0 Å². The molecule has 2 atom stereocenters. The molecular formula is C12H15NO3. The molecule has 16 heavy (non-hydrogen) atoms. The maximum absolute atomic E-state index is 11.4. The van der Waals surface area contributed by atoms with Crippen LogP contribution in [0.4, 0.5) is 4.79 Å². The van der Waals surface area contributed by atoms with Crippen molar-refractivity contribution in [1.29, 1.82) is 0 Å². The molecule has 0 aliphatic carbocycles. The highest BCUT2D eigenvalue weighted by Gasteiger charge is 2.40.